The molecule has 3 aromatic rings. The molecule has 3 aromatic carbocycles. The Morgan fingerprint density at radius 1 is 0.705 bits per heavy atom. The van der Waals surface area contributed by atoms with Crippen molar-refractivity contribution in [3.63, 3.8) is 0 Å². The molecule has 0 spiro atoms. The van der Waals surface area contributed by atoms with Crippen LogP contribution < -0.4 is 5.32 Å². The van der Waals surface area contributed by atoms with Crippen molar-refractivity contribution in [2.75, 3.05) is 31.5 Å². The van der Waals surface area contributed by atoms with Crippen LogP contribution >= 0.6 is 23.2 Å². The lowest BCUT2D eigenvalue weighted by atomic mass is 9.99. The number of carboxylic acids is 1. The minimum Gasteiger partial charge on any atom is -0.481 e. The van der Waals surface area contributed by atoms with Crippen molar-refractivity contribution in [2.24, 2.45) is 11.8 Å². The molecule has 2 N–H and O–H groups in total. The van der Waals surface area contributed by atoms with Gasteiger partial charge in [0, 0.05) is 31.9 Å². The average molecular weight is 683 g/mol. The predicted molar refractivity (Wildman–Crippen MR) is 169 cm³/mol. The molecule has 5 rings (SSSR count). The van der Waals surface area contributed by atoms with Gasteiger partial charge in [0.1, 0.15) is 0 Å². The molecule has 0 radical (unpaired) electrons. The first-order valence-corrected chi connectivity index (χ1v) is 17.6. The second-order valence-electron chi connectivity index (χ2n) is 10.5. The molecule has 2 atom stereocenters. The van der Waals surface area contributed by atoms with E-state index in [1.54, 1.807) is 66.7 Å². The number of halogens is 2. The van der Waals surface area contributed by atoms with Gasteiger partial charge in [-0.3, -0.25) is 9.59 Å². The molecule has 10 nitrogen and oxygen atoms in total. The predicted octanol–water partition coefficient (Wildman–Crippen LogP) is 5.20. The lowest BCUT2D eigenvalue weighted by Crippen LogP contribution is -2.43. The standard InChI is InChI=1S/C18H18Cl2N2O3S.C12H15NO4S/c19-16-9-8-14(11-17(16)20)21-18(23)13-5-4-10-22(12-13)26(24,25)15-6-2-1-3-7-15;14-12(15)10-5-4-8-13(9-10)18(16,17)11-6-2-1-3-7-11/h1-3,6-9,11,13H,4-5,10,12H2,(H,21,23);1-3,6-7,10H,4-5,8-9H2,(H,14,15)/t13-;10-/m00/s1. The Labute approximate surface area is 267 Å². The largest absolute Gasteiger partial charge is 0.481 e. The van der Waals surface area contributed by atoms with Crippen molar-refractivity contribution in [2.45, 2.75) is 35.5 Å². The van der Waals surface area contributed by atoms with Gasteiger partial charge in [0.2, 0.25) is 26.0 Å². The molecule has 14 heteroatoms. The Balaban J connectivity index is 0.000000215. The Kier molecular flexibility index (Phi) is 11.4. The molecular weight excluding hydrogens is 649 g/mol. The second-order valence-corrected chi connectivity index (χ2v) is 15.2. The van der Waals surface area contributed by atoms with E-state index < -0.39 is 37.9 Å². The van der Waals surface area contributed by atoms with Crippen LogP contribution in [0, 0.1) is 11.8 Å². The van der Waals surface area contributed by atoms with E-state index >= 15 is 0 Å². The van der Waals surface area contributed by atoms with Gasteiger partial charge in [-0.25, -0.2) is 16.8 Å². The fraction of sp³-hybridized carbons (Fsp3) is 0.333. The van der Waals surface area contributed by atoms with E-state index in [1.165, 1.54) is 20.7 Å². The molecule has 0 bridgehead atoms. The first-order valence-electron chi connectivity index (χ1n) is 14.0. The molecule has 2 aliphatic rings. The van der Waals surface area contributed by atoms with Crippen molar-refractivity contribution in [3.8, 4) is 0 Å². The van der Waals surface area contributed by atoms with Gasteiger partial charge in [0.25, 0.3) is 0 Å². The van der Waals surface area contributed by atoms with Gasteiger partial charge in [-0.2, -0.15) is 8.61 Å². The molecule has 2 fully saturated rings. The van der Waals surface area contributed by atoms with Crippen molar-refractivity contribution >= 4 is 60.8 Å². The second kappa shape index (κ2) is 14.9. The number of rotatable bonds is 7. The highest BCUT2D eigenvalue weighted by Gasteiger charge is 2.34. The Morgan fingerprint density at radius 2 is 1.18 bits per heavy atom. The SMILES string of the molecule is O=C(Nc1ccc(Cl)c(Cl)c1)[C@H]1CCCN(S(=O)(=O)c2ccccc2)C1.O=C(O)[C@H]1CCCN(S(=O)(=O)c2ccccc2)C1. The van der Waals surface area contributed by atoms with Crippen molar-refractivity contribution < 1.29 is 31.5 Å². The number of carboxylic acid groups (broad SMARTS) is 1. The topological polar surface area (TPSA) is 141 Å². The fourth-order valence-corrected chi connectivity index (χ4v) is 8.43. The number of anilines is 1. The third-order valence-electron chi connectivity index (χ3n) is 7.44. The van der Waals surface area contributed by atoms with Gasteiger partial charge in [-0.05, 0) is 68.1 Å². The zero-order valence-electron chi connectivity index (χ0n) is 23.7. The van der Waals surface area contributed by atoms with Crippen LogP contribution in [0.1, 0.15) is 25.7 Å². The van der Waals surface area contributed by atoms with E-state index in [0.717, 1.165) is 0 Å². The number of benzene rings is 3. The number of aliphatic carboxylic acids is 1. The van der Waals surface area contributed by atoms with E-state index in [0.29, 0.717) is 54.5 Å². The summed E-state index contributed by atoms with van der Waals surface area (Å²) in [6.07, 6.45) is 2.39. The Morgan fingerprint density at radius 3 is 1.66 bits per heavy atom. The van der Waals surface area contributed by atoms with Crippen molar-refractivity contribution in [1.29, 1.82) is 0 Å². The lowest BCUT2D eigenvalue weighted by Gasteiger charge is -2.31. The van der Waals surface area contributed by atoms with Crippen LogP contribution in [-0.4, -0.2) is 68.6 Å². The molecular formula is C30H33Cl2N3O7S2. The molecule has 0 saturated carbocycles. The number of nitrogens with zero attached hydrogens (tertiary/aromatic N) is 2. The number of carbonyl (C=O) groups excluding carboxylic acids is 1. The van der Waals surface area contributed by atoms with Gasteiger partial charge >= 0.3 is 5.97 Å². The summed E-state index contributed by atoms with van der Waals surface area (Å²) < 4.78 is 52.7. The van der Waals surface area contributed by atoms with Crippen LogP contribution in [0.4, 0.5) is 5.69 Å². The van der Waals surface area contributed by atoms with E-state index in [2.05, 4.69) is 5.32 Å². The van der Waals surface area contributed by atoms with E-state index in [-0.39, 0.29) is 28.8 Å². The van der Waals surface area contributed by atoms with Crippen molar-refractivity contribution in [3.05, 3.63) is 88.9 Å². The summed E-state index contributed by atoms with van der Waals surface area (Å²) in [5, 5.41) is 12.5. The molecule has 2 aliphatic heterocycles. The summed E-state index contributed by atoms with van der Waals surface area (Å²) in [4.78, 5) is 24.0. The number of hydrogen-bond acceptors (Lipinski definition) is 6. The fourth-order valence-electron chi connectivity index (χ4n) is 5.04. The smallest absolute Gasteiger partial charge is 0.307 e. The zero-order chi connectivity index (χ0) is 31.9. The highest BCUT2D eigenvalue weighted by Crippen LogP contribution is 2.28. The van der Waals surface area contributed by atoms with E-state index in [1.807, 2.05) is 0 Å². The summed E-state index contributed by atoms with van der Waals surface area (Å²) >= 11 is 11.8. The zero-order valence-corrected chi connectivity index (χ0v) is 26.8. The number of piperidine rings is 2. The van der Waals surface area contributed by atoms with Gasteiger partial charge in [0.15, 0.2) is 0 Å². The molecule has 1 amide bonds. The molecule has 0 aliphatic carbocycles. The Bertz CT molecular complexity index is 1680. The minimum atomic E-state index is -3.60. The van der Waals surface area contributed by atoms with Crippen LogP contribution in [0.2, 0.25) is 10.0 Å². The summed E-state index contributed by atoms with van der Waals surface area (Å²) in [5.74, 6) is -2.17. The van der Waals surface area contributed by atoms with Gasteiger partial charge in [0.05, 0.1) is 31.7 Å². The number of carbonyl (C=O) groups is 2. The average Bonchev–Trinajstić information content (AvgIpc) is 3.04. The molecule has 0 unspecified atom stereocenters. The Hall–Kier alpha value is -3.00. The molecule has 2 saturated heterocycles. The van der Waals surface area contributed by atoms with E-state index in [9.17, 15) is 26.4 Å². The third kappa shape index (κ3) is 8.38. The molecule has 2 heterocycles. The van der Waals surface area contributed by atoms with Gasteiger partial charge in [-0.15, -0.1) is 0 Å². The third-order valence-corrected chi connectivity index (χ3v) is 11.9. The maximum absolute atomic E-state index is 12.8. The monoisotopic (exact) mass is 681 g/mol. The van der Waals surface area contributed by atoms with Crippen LogP contribution in [0.25, 0.3) is 0 Å². The normalized spacial score (nSPS) is 19.8. The number of nitrogens with one attached hydrogen (secondary N) is 1. The number of sulfonamides is 2. The van der Waals surface area contributed by atoms with Crippen LogP contribution in [-0.2, 0) is 29.6 Å². The lowest BCUT2D eigenvalue weighted by molar-refractivity contribution is -0.142. The molecule has 236 valence electrons. The summed E-state index contributed by atoms with van der Waals surface area (Å²) in [7, 11) is -7.16. The van der Waals surface area contributed by atoms with E-state index in [4.69, 9.17) is 28.3 Å². The minimum absolute atomic E-state index is 0.0621. The maximum Gasteiger partial charge on any atom is 0.307 e. The summed E-state index contributed by atoms with van der Waals surface area (Å²) in [6, 6.07) is 21.2. The van der Waals surface area contributed by atoms with Crippen LogP contribution in [0.15, 0.2) is 88.7 Å². The maximum atomic E-state index is 12.8. The first kappa shape index (κ1) is 33.9. The highest BCUT2D eigenvalue weighted by atomic mass is 35.5. The quantitative estimate of drug-likeness (QED) is 0.349. The number of amides is 1. The summed E-state index contributed by atoms with van der Waals surface area (Å²) in [6.45, 7) is 1.02. The molecule has 44 heavy (non-hydrogen) atoms. The van der Waals surface area contributed by atoms with Crippen LogP contribution in [0.3, 0.4) is 0 Å². The summed E-state index contributed by atoms with van der Waals surface area (Å²) in [5.41, 5.74) is 0.535. The number of hydrogen-bond donors (Lipinski definition) is 2. The highest BCUT2D eigenvalue weighted by molar-refractivity contribution is 7.89. The van der Waals surface area contributed by atoms with Crippen molar-refractivity contribution in [1.82, 2.24) is 8.61 Å². The van der Waals surface area contributed by atoms with Gasteiger partial charge in [-0.1, -0.05) is 59.6 Å². The molecule has 0 aromatic heterocycles. The van der Waals surface area contributed by atoms with Crippen LogP contribution in [0.5, 0.6) is 0 Å². The first-order chi connectivity index (χ1) is 20.9. The van der Waals surface area contributed by atoms with Gasteiger partial charge < -0.3 is 10.4 Å².